The zero-order valence-corrected chi connectivity index (χ0v) is 12.1. The molecule has 118 valence electrons. The molecule has 1 spiro atoms. The van der Waals surface area contributed by atoms with Crippen LogP contribution in [0.4, 0.5) is 18.0 Å². The Balaban J connectivity index is 1.66. The maximum absolute atomic E-state index is 12.6. The third kappa shape index (κ3) is 2.65. The largest absolute Gasteiger partial charge is 0.465 e. The fraction of sp³-hybridized carbons (Fsp3) is 0.429. The van der Waals surface area contributed by atoms with Crippen LogP contribution in [0.15, 0.2) is 17.7 Å². The molecule has 1 aromatic rings. The van der Waals surface area contributed by atoms with Gasteiger partial charge in [-0.15, -0.1) is 0 Å². The Hall–Kier alpha value is -1.76. The molecule has 0 radical (unpaired) electrons. The molecule has 4 nitrogen and oxygen atoms in total. The van der Waals surface area contributed by atoms with Gasteiger partial charge in [0.05, 0.1) is 11.3 Å². The first-order valence-corrected chi connectivity index (χ1v) is 6.97. The molecule has 3 rings (SSSR count). The lowest BCUT2D eigenvalue weighted by Gasteiger charge is -2.55. The lowest BCUT2D eigenvalue weighted by Crippen LogP contribution is -2.61. The zero-order valence-electron chi connectivity index (χ0n) is 11.3. The first-order valence-electron chi connectivity index (χ1n) is 6.60. The van der Waals surface area contributed by atoms with Crippen LogP contribution >= 0.6 is 11.6 Å². The van der Waals surface area contributed by atoms with Crippen molar-refractivity contribution in [2.75, 3.05) is 13.1 Å². The first-order chi connectivity index (χ1) is 10.2. The van der Waals surface area contributed by atoms with Crippen molar-refractivity contribution >= 4 is 23.8 Å². The molecule has 0 unspecified atom stereocenters. The molecule has 22 heavy (non-hydrogen) atoms. The Morgan fingerprint density at radius 2 is 2.00 bits per heavy atom. The number of likely N-dealkylation sites (tertiary alicyclic amines) is 1. The lowest BCUT2D eigenvalue weighted by atomic mass is 9.60. The van der Waals surface area contributed by atoms with Gasteiger partial charge < -0.3 is 10.0 Å². The van der Waals surface area contributed by atoms with E-state index in [1.54, 1.807) is 6.08 Å². The second-order valence-electron chi connectivity index (χ2n) is 5.87. The van der Waals surface area contributed by atoms with Gasteiger partial charge in [-0.2, -0.15) is 13.2 Å². The van der Waals surface area contributed by atoms with E-state index >= 15 is 0 Å². The molecule has 2 aliphatic rings. The molecule has 1 N–H and O–H groups in total. The van der Waals surface area contributed by atoms with Gasteiger partial charge in [0, 0.05) is 18.5 Å². The van der Waals surface area contributed by atoms with E-state index in [0.29, 0.717) is 18.8 Å². The van der Waals surface area contributed by atoms with Crippen LogP contribution in [0.1, 0.15) is 24.1 Å². The van der Waals surface area contributed by atoms with Gasteiger partial charge in [0.2, 0.25) is 0 Å². The van der Waals surface area contributed by atoms with E-state index in [-0.39, 0.29) is 5.41 Å². The highest BCUT2D eigenvalue weighted by molar-refractivity contribution is 6.30. The Kier molecular flexibility index (Phi) is 3.36. The van der Waals surface area contributed by atoms with Crippen LogP contribution in [-0.4, -0.2) is 34.2 Å². The van der Waals surface area contributed by atoms with Crippen LogP contribution in [0, 0.1) is 5.41 Å². The molecule has 0 aromatic carbocycles. The summed E-state index contributed by atoms with van der Waals surface area (Å²) in [7, 11) is 0. The summed E-state index contributed by atoms with van der Waals surface area (Å²) in [6.07, 6.45) is -2.21. The second kappa shape index (κ2) is 4.87. The normalized spacial score (nSPS) is 19.6. The van der Waals surface area contributed by atoms with Gasteiger partial charge in [-0.1, -0.05) is 17.2 Å². The minimum absolute atomic E-state index is 0.0138. The SMILES string of the molecule is O=C(O)N1CC2(CC(=Cc3ccc(C(F)(F)F)c(Cl)n3)C2)C1. The standard InChI is InChI=1S/C14H12ClF3N2O2/c15-11-10(14(16,17)18)2-1-9(19-11)3-8-4-13(5-8)6-20(7-13)12(21)22/h1-3H,4-7H2,(H,21,22). The van der Waals surface area contributed by atoms with E-state index in [1.165, 1.54) is 11.0 Å². The molecule has 1 saturated carbocycles. The van der Waals surface area contributed by atoms with E-state index in [2.05, 4.69) is 4.98 Å². The average Bonchev–Trinajstić information content (AvgIpc) is 2.28. The summed E-state index contributed by atoms with van der Waals surface area (Å²) in [5.41, 5.74) is 0.503. The number of rotatable bonds is 1. The predicted molar refractivity (Wildman–Crippen MR) is 73.5 cm³/mol. The van der Waals surface area contributed by atoms with Crippen molar-refractivity contribution in [2.45, 2.75) is 19.0 Å². The van der Waals surface area contributed by atoms with Crippen molar-refractivity contribution in [3.63, 3.8) is 0 Å². The van der Waals surface area contributed by atoms with Crippen molar-refractivity contribution < 1.29 is 23.1 Å². The Bertz CT molecular complexity index is 657. The maximum atomic E-state index is 12.6. The number of carbonyl (C=O) groups is 1. The van der Waals surface area contributed by atoms with Crippen molar-refractivity contribution in [2.24, 2.45) is 5.41 Å². The van der Waals surface area contributed by atoms with Gasteiger partial charge in [-0.25, -0.2) is 9.78 Å². The number of allylic oxidation sites excluding steroid dienone is 1. The van der Waals surface area contributed by atoms with E-state index in [1.807, 2.05) is 0 Å². The number of hydrogen-bond donors (Lipinski definition) is 1. The molecular weight excluding hydrogens is 321 g/mol. The summed E-state index contributed by atoms with van der Waals surface area (Å²) < 4.78 is 37.8. The number of carboxylic acid groups (broad SMARTS) is 1. The number of pyridine rings is 1. The molecule has 1 aromatic heterocycles. The molecule has 1 aliphatic carbocycles. The van der Waals surface area contributed by atoms with Gasteiger partial charge >= 0.3 is 12.3 Å². The van der Waals surface area contributed by atoms with E-state index in [9.17, 15) is 18.0 Å². The van der Waals surface area contributed by atoms with Crippen LogP contribution in [0.25, 0.3) is 6.08 Å². The van der Waals surface area contributed by atoms with Gasteiger partial charge in [0.15, 0.2) is 0 Å². The highest BCUT2D eigenvalue weighted by atomic mass is 35.5. The maximum Gasteiger partial charge on any atom is 0.419 e. The van der Waals surface area contributed by atoms with Crippen LogP contribution < -0.4 is 0 Å². The minimum Gasteiger partial charge on any atom is -0.465 e. The molecule has 1 aliphatic heterocycles. The molecular formula is C14H12ClF3N2O2. The Labute approximate surface area is 129 Å². The third-order valence-corrected chi connectivity index (χ3v) is 4.34. The van der Waals surface area contributed by atoms with Gasteiger partial charge in [0.25, 0.3) is 0 Å². The van der Waals surface area contributed by atoms with E-state index in [0.717, 1.165) is 24.5 Å². The molecule has 1 amide bonds. The summed E-state index contributed by atoms with van der Waals surface area (Å²) in [6.45, 7) is 1.03. The van der Waals surface area contributed by atoms with Crippen molar-refractivity contribution in [1.29, 1.82) is 0 Å². The molecule has 0 atom stereocenters. The summed E-state index contributed by atoms with van der Waals surface area (Å²) in [4.78, 5) is 15.8. The van der Waals surface area contributed by atoms with Gasteiger partial charge in [0.1, 0.15) is 5.15 Å². The smallest absolute Gasteiger partial charge is 0.419 e. The van der Waals surface area contributed by atoms with Gasteiger partial charge in [-0.3, -0.25) is 0 Å². The van der Waals surface area contributed by atoms with Crippen LogP contribution in [-0.2, 0) is 6.18 Å². The van der Waals surface area contributed by atoms with E-state index in [4.69, 9.17) is 16.7 Å². The van der Waals surface area contributed by atoms with Crippen LogP contribution in [0.5, 0.6) is 0 Å². The summed E-state index contributed by atoms with van der Waals surface area (Å²) >= 11 is 5.57. The molecule has 2 fully saturated rings. The fourth-order valence-corrected chi connectivity index (χ4v) is 3.35. The first kappa shape index (κ1) is 15.1. The number of nitrogens with zero attached hydrogens (tertiary/aromatic N) is 2. The van der Waals surface area contributed by atoms with Crippen LogP contribution in [0.2, 0.25) is 5.15 Å². The number of halogens is 4. The van der Waals surface area contributed by atoms with E-state index < -0.39 is 23.0 Å². The predicted octanol–water partition coefficient (Wildman–Crippen LogP) is 3.91. The molecule has 1 saturated heterocycles. The number of amides is 1. The fourth-order valence-electron chi connectivity index (χ4n) is 3.09. The minimum atomic E-state index is -4.51. The molecule has 2 heterocycles. The van der Waals surface area contributed by atoms with Crippen molar-refractivity contribution in [3.05, 3.63) is 34.1 Å². The molecule has 0 bridgehead atoms. The topological polar surface area (TPSA) is 53.4 Å². The Morgan fingerprint density at radius 1 is 1.36 bits per heavy atom. The number of aromatic nitrogens is 1. The summed E-state index contributed by atoms with van der Waals surface area (Å²) in [5, 5.41) is 8.24. The van der Waals surface area contributed by atoms with Crippen molar-refractivity contribution in [3.8, 4) is 0 Å². The lowest BCUT2D eigenvalue weighted by molar-refractivity contribution is -0.137. The summed E-state index contributed by atoms with van der Waals surface area (Å²) in [6, 6.07) is 2.21. The highest BCUT2D eigenvalue weighted by Gasteiger charge is 2.51. The molecule has 8 heteroatoms. The second-order valence-corrected chi connectivity index (χ2v) is 6.23. The summed E-state index contributed by atoms with van der Waals surface area (Å²) in [5.74, 6) is 0. The third-order valence-electron chi connectivity index (χ3n) is 4.05. The monoisotopic (exact) mass is 332 g/mol. The number of alkyl halides is 3. The Morgan fingerprint density at radius 3 is 2.50 bits per heavy atom. The van der Waals surface area contributed by atoms with Crippen molar-refractivity contribution in [1.82, 2.24) is 9.88 Å². The van der Waals surface area contributed by atoms with Crippen LogP contribution in [0.3, 0.4) is 0 Å². The zero-order chi connectivity index (χ0) is 16.1. The highest BCUT2D eigenvalue weighted by Crippen LogP contribution is 2.52. The quantitative estimate of drug-likeness (QED) is 0.793. The number of hydrogen-bond acceptors (Lipinski definition) is 2. The average molecular weight is 333 g/mol. The van der Waals surface area contributed by atoms with Gasteiger partial charge in [-0.05, 0) is 31.1 Å².